The summed E-state index contributed by atoms with van der Waals surface area (Å²) in [7, 11) is 2.03. The first-order chi connectivity index (χ1) is 5.68. The van der Waals surface area contributed by atoms with Gasteiger partial charge >= 0.3 is 0 Å². The first-order valence-corrected chi connectivity index (χ1v) is 4.41. The number of hydrogen-bond donors (Lipinski definition) is 0. The molecule has 0 amide bonds. The Balaban J connectivity index is 2.24. The molecule has 68 valence electrons. The fraction of sp³-hybridized carbons (Fsp3) is 0.600. The van der Waals surface area contributed by atoms with Gasteiger partial charge in [-0.05, 0) is 31.9 Å². The molecule has 0 atom stereocenters. The predicted octanol–water partition coefficient (Wildman–Crippen LogP) is 1.99. The zero-order valence-electron chi connectivity index (χ0n) is 8.08. The summed E-state index contributed by atoms with van der Waals surface area (Å²) in [6.07, 6.45) is 5.54. The lowest BCUT2D eigenvalue weighted by atomic mass is 10.2. The van der Waals surface area contributed by atoms with E-state index in [1.165, 1.54) is 5.56 Å². The summed E-state index contributed by atoms with van der Waals surface area (Å²) in [4.78, 5) is 0. The van der Waals surface area contributed by atoms with E-state index in [1.807, 2.05) is 7.05 Å². The van der Waals surface area contributed by atoms with Gasteiger partial charge in [0.25, 0.3) is 0 Å². The number of hydrogen-bond acceptors (Lipinski definition) is 1. The van der Waals surface area contributed by atoms with Gasteiger partial charge in [0, 0.05) is 19.4 Å². The molecule has 1 aromatic heterocycles. The second-order valence-electron chi connectivity index (χ2n) is 3.35. The average molecular weight is 167 g/mol. The van der Waals surface area contributed by atoms with Crippen LogP contribution < -0.4 is 0 Å². The van der Waals surface area contributed by atoms with Crippen LogP contribution in [0.2, 0.25) is 0 Å². The maximum absolute atomic E-state index is 5.45. The molecule has 0 saturated heterocycles. The van der Waals surface area contributed by atoms with Crippen molar-refractivity contribution in [2.24, 2.45) is 7.05 Å². The van der Waals surface area contributed by atoms with E-state index >= 15 is 0 Å². The fourth-order valence-electron chi connectivity index (χ4n) is 1.12. The zero-order valence-corrected chi connectivity index (χ0v) is 8.08. The van der Waals surface area contributed by atoms with Gasteiger partial charge in [-0.3, -0.25) is 0 Å². The Morgan fingerprint density at radius 2 is 2.25 bits per heavy atom. The first kappa shape index (κ1) is 9.33. The molecule has 1 heterocycles. The van der Waals surface area contributed by atoms with Crippen molar-refractivity contribution in [1.82, 2.24) is 4.57 Å². The summed E-state index contributed by atoms with van der Waals surface area (Å²) >= 11 is 0. The number of aromatic nitrogens is 1. The van der Waals surface area contributed by atoms with Crippen molar-refractivity contribution in [2.75, 3.05) is 6.61 Å². The predicted molar refractivity (Wildman–Crippen MR) is 50.2 cm³/mol. The minimum absolute atomic E-state index is 0.341. The highest BCUT2D eigenvalue weighted by Gasteiger charge is 1.96. The Labute approximate surface area is 74.2 Å². The van der Waals surface area contributed by atoms with Crippen LogP contribution in [0.1, 0.15) is 19.4 Å². The molecule has 2 nitrogen and oxygen atoms in total. The van der Waals surface area contributed by atoms with E-state index in [9.17, 15) is 0 Å². The molecule has 0 unspecified atom stereocenters. The standard InChI is InChI=1S/C10H17NO/c1-9(2)12-7-5-10-4-6-11(3)8-10/h4,6,8-9H,5,7H2,1-3H3. The van der Waals surface area contributed by atoms with E-state index in [4.69, 9.17) is 4.74 Å². The highest BCUT2D eigenvalue weighted by Crippen LogP contribution is 2.01. The highest BCUT2D eigenvalue weighted by atomic mass is 16.5. The van der Waals surface area contributed by atoms with E-state index < -0.39 is 0 Å². The van der Waals surface area contributed by atoms with Crippen LogP contribution in [-0.2, 0) is 18.2 Å². The van der Waals surface area contributed by atoms with Crippen LogP contribution >= 0.6 is 0 Å². The third-order valence-corrected chi connectivity index (χ3v) is 1.74. The Hall–Kier alpha value is -0.760. The van der Waals surface area contributed by atoms with Gasteiger partial charge in [0.2, 0.25) is 0 Å². The fourth-order valence-corrected chi connectivity index (χ4v) is 1.12. The third kappa shape index (κ3) is 3.09. The maximum atomic E-state index is 5.45. The summed E-state index contributed by atoms with van der Waals surface area (Å²) in [5.41, 5.74) is 1.35. The summed E-state index contributed by atoms with van der Waals surface area (Å²) in [5, 5.41) is 0. The number of rotatable bonds is 4. The van der Waals surface area contributed by atoms with Crippen molar-refractivity contribution >= 4 is 0 Å². The zero-order chi connectivity index (χ0) is 8.97. The van der Waals surface area contributed by atoms with Gasteiger partial charge in [-0.2, -0.15) is 0 Å². The molecule has 0 aliphatic rings. The molecule has 1 rings (SSSR count). The van der Waals surface area contributed by atoms with Crippen LogP contribution in [0.4, 0.5) is 0 Å². The van der Waals surface area contributed by atoms with E-state index in [2.05, 4.69) is 36.9 Å². The molecule has 0 aromatic carbocycles. The minimum Gasteiger partial charge on any atom is -0.378 e. The summed E-state index contributed by atoms with van der Waals surface area (Å²) in [6, 6.07) is 2.13. The first-order valence-electron chi connectivity index (χ1n) is 4.41. The topological polar surface area (TPSA) is 14.2 Å². The molecule has 0 aliphatic carbocycles. The Kier molecular flexibility index (Phi) is 3.35. The lowest BCUT2D eigenvalue weighted by molar-refractivity contribution is 0.0813. The lowest BCUT2D eigenvalue weighted by Crippen LogP contribution is -2.05. The molecular formula is C10H17NO. The van der Waals surface area contributed by atoms with Gasteiger partial charge in [0.15, 0.2) is 0 Å². The largest absolute Gasteiger partial charge is 0.378 e. The molecule has 12 heavy (non-hydrogen) atoms. The summed E-state index contributed by atoms with van der Waals surface area (Å²) in [5.74, 6) is 0. The van der Waals surface area contributed by atoms with Crippen LogP contribution in [-0.4, -0.2) is 17.3 Å². The van der Waals surface area contributed by atoms with Gasteiger partial charge in [-0.1, -0.05) is 0 Å². The van der Waals surface area contributed by atoms with Crippen molar-refractivity contribution in [2.45, 2.75) is 26.4 Å². The van der Waals surface area contributed by atoms with Crippen molar-refractivity contribution in [3.05, 3.63) is 24.0 Å². The summed E-state index contributed by atoms with van der Waals surface area (Å²) < 4.78 is 7.51. The van der Waals surface area contributed by atoms with Crippen LogP contribution in [0.15, 0.2) is 18.5 Å². The number of ether oxygens (including phenoxy) is 1. The van der Waals surface area contributed by atoms with Crippen molar-refractivity contribution in [3.63, 3.8) is 0 Å². The van der Waals surface area contributed by atoms with E-state index in [-0.39, 0.29) is 0 Å². The van der Waals surface area contributed by atoms with Gasteiger partial charge in [0.1, 0.15) is 0 Å². The Morgan fingerprint density at radius 1 is 1.50 bits per heavy atom. The molecule has 2 heteroatoms. The van der Waals surface area contributed by atoms with Crippen LogP contribution in [0.25, 0.3) is 0 Å². The number of aryl methyl sites for hydroxylation is 1. The molecule has 1 aromatic rings. The highest BCUT2D eigenvalue weighted by molar-refractivity contribution is 5.09. The van der Waals surface area contributed by atoms with E-state index in [0.29, 0.717) is 6.10 Å². The summed E-state index contributed by atoms with van der Waals surface area (Å²) in [6.45, 7) is 4.94. The molecule has 0 radical (unpaired) electrons. The molecule has 0 spiro atoms. The second kappa shape index (κ2) is 4.31. The third-order valence-electron chi connectivity index (χ3n) is 1.74. The van der Waals surface area contributed by atoms with Crippen LogP contribution in [0.3, 0.4) is 0 Å². The monoisotopic (exact) mass is 167 g/mol. The second-order valence-corrected chi connectivity index (χ2v) is 3.35. The molecule has 0 aliphatic heterocycles. The molecular weight excluding hydrogens is 150 g/mol. The molecule has 0 bridgehead atoms. The normalized spacial score (nSPS) is 11.0. The lowest BCUT2D eigenvalue weighted by Gasteiger charge is -2.05. The Morgan fingerprint density at radius 3 is 2.75 bits per heavy atom. The van der Waals surface area contributed by atoms with Crippen molar-refractivity contribution < 1.29 is 4.74 Å². The molecule has 0 N–H and O–H groups in total. The van der Waals surface area contributed by atoms with Gasteiger partial charge in [-0.25, -0.2) is 0 Å². The quantitative estimate of drug-likeness (QED) is 0.669. The van der Waals surface area contributed by atoms with Gasteiger partial charge < -0.3 is 9.30 Å². The Bertz CT molecular complexity index is 227. The maximum Gasteiger partial charge on any atom is 0.0519 e. The van der Waals surface area contributed by atoms with Gasteiger partial charge in [0.05, 0.1) is 12.7 Å². The number of nitrogens with zero attached hydrogens (tertiary/aromatic N) is 1. The van der Waals surface area contributed by atoms with Crippen molar-refractivity contribution in [1.29, 1.82) is 0 Å². The smallest absolute Gasteiger partial charge is 0.0519 e. The SMILES string of the molecule is CC(C)OCCc1ccn(C)c1. The van der Waals surface area contributed by atoms with Crippen molar-refractivity contribution in [3.8, 4) is 0 Å². The minimum atomic E-state index is 0.341. The van der Waals surface area contributed by atoms with E-state index in [0.717, 1.165) is 13.0 Å². The average Bonchev–Trinajstić information content (AvgIpc) is 2.35. The van der Waals surface area contributed by atoms with Crippen LogP contribution in [0, 0.1) is 0 Å². The van der Waals surface area contributed by atoms with E-state index in [1.54, 1.807) is 0 Å². The molecule has 0 fully saturated rings. The molecule has 0 saturated carbocycles. The van der Waals surface area contributed by atoms with Crippen LogP contribution in [0.5, 0.6) is 0 Å². The van der Waals surface area contributed by atoms with Gasteiger partial charge in [-0.15, -0.1) is 0 Å².